The molecule has 9 nitrogen and oxygen atoms in total. The third-order valence-corrected chi connectivity index (χ3v) is 7.95. The van der Waals surface area contributed by atoms with Crippen LogP contribution >= 0.6 is 0 Å². The summed E-state index contributed by atoms with van der Waals surface area (Å²) < 4.78 is 15.0. The maximum atomic E-state index is 15.0. The van der Waals surface area contributed by atoms with Gasteiger partial charge in [-0.05, 0) is 44.5 Å². The van der Waals surface area contributed by atoms with Crippen LogP contribution in [0.15, 0.2) is 24.4 Å². The summed E-state index contributed by atoms with van der Waals surface area (Å²) in [5.74, 6) is 0.0244. The smallest absolute Gasteiger partial charge is 0.248 e. The number of anilines is 4. The van der Waals surface area contributed by atoms with Gasteiger partial charge >= 0.3 is 0 Å². The maximum Gasteiger partial charge on any atom is 0.248 e. The lowest BCUT2D eigenvalue weighted by Crippen LogP contribution is -2.48. The summed E-state index contributed by atoms with van der Waals surface area (Å²) in [6, 6.07) is 5.09. The van der Waals surface area contributed by atoms with Gasteiger partial charge in [-0.2, -0.15) is 4.98 Å². The van der Waals surface area contributed by atoms with Crippen molar-refractivity contribution in [1.82, 2.24) is 20.2 Å². The summed E-state index contributed by atoms with van der Waals surface area (Å²) in [5.41, 5.74) is 0.467. The van der Waals surface area contributed by atoms with E-state index in [0.717, 1.165) is 51.9 Å². The Morgan fingerprint density at radius 3 is 2.63 bits per heavy atom. The predicted molar refractivity (Wildman–Crippen MR) is 135 cm³/mol. The van der Waals surface area contributed by atoms with Crippen LogP contribution in [-0.4, -0.2) is 72.5 Å². The zero-order valence-electron chi connectivity index (χ0n) is 19.9. The first kappa shape index (κ1) is 22.2. The van der Waals surface area contributed by atoms with E-state index in [9.17, 15) is 14.0 Å². The van der Waals surface area contributed by atoms with Crippen LogP contribution in [0.25, 0.3) is 0 Å². The highest BCUT2D eigenvalue weighted by molar-refractivity contribution is 6.22. The molecule has 0 radical (unpaired) electrons. The highest BCUT2D eigenvalue weighted by Crippen LogP contribution is 2.47. The van der Waals surface area contributed by atoms with E-state index in [4.69, 9.17) is 4.98 Å². The van der Waals surface area contributed by atoms with Crippen molar-refractivity contribution in [1.29, 1.82) is 0 Å². The minimum atomic E-state index is -1.23. The van der Waals surface area contributed by atoms with E-state index in [1.807, 2.05) is 6.07 Å². The first-order valence-corrected chi connectivity index (χ1v) is 12.5. The quantitative estimate of drug-likeness (QED) is 0.646. The lowest BCUT2D eigenvalue weighted by molar-refractivity contribution is -0.133. The van der Waals surface area contributed by atoms with E-state index in [1.54, 1.807) is 17.2 Å². The molecule has 4 aliphatic rings. The fraction of sp³-hybridized carbons (Fsp3) is 0.520. The molecule has 2 amide bonds. The molecule has 1 aliphatic carbocycles. The Labute approximate surface area is 206 Å². The number of carbonyl (C=O) groups is 2. The number of hydrogen-bond acceptors (Lipinski definition) is 7. The molecule has 6 rings (SSSR count). The SMILES string of the molecule is CN1CCN(c2ccc(Nc3ncc4c(n3)N(C3CCCC3)C(=O)C43CCNC3=O)cc2F)CC1.[HH].[HH]. The Kier molecular flexibility index (Phi) is 5.36. The second kappa shape index (κ2) is 8.44. The highest BCUT2D eigenvalue weighted by Gasteiger charge is 2.60. The number of benzene rings is 1. The van der Waals surface area contributed by atoms with E-state index in [0.29, 0.717) is 35.7 Å². The maximum absolute atomic E-state index is 15.0. The third-order valence-electron chi connectivity index (χ3n) is 7.95. The molecule has 2 aromatic rings. The molecule has 35 heavy (non-hydrogen) atoms. The van der Waals surface area contributed by atoms with Gasteiger partial charge in [0.2, 0.25) is 17.8 Å². The van der Waals surface area contributed by atoms with Gasteiger partial charge in [0.1, 0.15) is 11.6 Å². The van der Waals surface area contributed by atoms with Crippen molar-refractivity contribution in [3.8, 4) is 0 Å². The van der Waals surface area contributed by atoms with Crippen LogP contribution in [0.4, 0.5) is 27.5 Å². The number of nitrogens with one attached hydrogen (secondary N) is 2. The normalized spacial score (nSPS) is 25.0. The number of amides is 2. The first-order valence-electron chi connectivity index (χ1n) is 12.5. The molecule has 188 valence electrons. The Balaban J connectivity index is 0.00000160. The van der Waals surface area contributed by atoms with Crippen LogP contribution in [-0.2, 0) is 15.0 Å². The second-order valence-corrected chi connectivity index (χ2v) is 10.0. The van der Waals surface area contributed by atoms with Crippen LogP contribution in [0.5, 0.6) is 0 Å². The van der Waals surface area contributed by atoms with Crippen LogP contribution in [0.3, 0.4) is 0 Å². The number of rotatable bonds is 4. The minimum absolute atomic E-state index is 0. The molecular weight excluding hydrogens is 449 g/mol. The van der Waals surface area contributed by atoms with Crippen LogP contribution in [0.2, 0.25) is 0 Å². The van der Waals surface area contributed by atoms with Gasteiger partial charge in [0.25, 0.3) is 0 Å². The van der Waals surface area contributed by atoms with Crippen LogP contribution < -0.4 is 20.4 Å². The molecule has 0 bridgehead atoms. The lowest BCUT2D eigenvalue weighted by Gasteiger charge is -2.34. The summed E-state index contributed by atoms with van der Waals surface area (Å²) in [6.07, 6.45) is 5.91. The van der Waals surface area contributed by atoms with Gasteiger partial charge in [-0.25, -0.2) is 9.37 Å². The van der Waals surface area contributed by atoms with E-state index in [2.05, 4.69) is 32.5 Å². The molecule has 1 aromatic heterocycles. The number of likely N-dealkylation sites (N-methyl/N-ethyl adjacent to an activating group) is 1. The summed E-state index contributed by atoms with van der Waals surface area (Å²) in [7, 11) is 2.07. The van der Waals surface area contributed by atoms with Crippen molar-refractivity contribution in [3.05, 3.63) is 35.8 Å². The third kappa shape index (κ3) is 3.53. The standard InChI is InChI=1S/C25H30FN7O2.2H2/c1-31-10-12-32(13-11-31)20-7-6-16(14-19(20)26)29-24-28-15-18-21(30-24)33(17-4-2-3-5-17)23(35)25(18)8-9-27-22(25)34;;/h6-7,14-15,17H,2-5,8-13H2,1H3,(H,27,34)(H,28,29,30);2*1H. The number of hydrogen-bond donors (Lipinski definition) is 2. The summed E-state index contributed by atoms with van der Waals surface area (Å²) in [6.45, 7) is 3.83. The average Bonchev–Trinajstić information content (AvgIpc) is 3.56. The molecule has 1 unspecified atom stereocenters. The molecule has 10 heteroatoms. The number of nitrogens with zero attached hydrogens (tertiary/aromatic N) is 5. The molecule has 3 fully saturated rings. The summed E-state index contributed by atoms with van der Waals surface area (Å²) in [5, 5.41) is 5.92. The van der Waals surface area contributed by atoms with Gasteiger partial charge < -0.3 is 20.4 Å². The highest BCUT2D eigenvalue weighted by atomic mass is 19.1. The predicted octanol–water partition coefficient (Wildman–Crippen LogP) is 2.65. The fourth-order valence-electron chi connectivity index (χ4n) is 5.94. The van der Waals surface area contributed by atoms with Crippen molar-refractivity contribution < 1.29 is 16.8 Å². The lowest BCUT2D eigenvalue weighted by atomic mass is 9.81. The molecule has 1 atom stereocenters. The van der Waals surface area contributed by atoms with Gasteiger partial charge in [0.05, 0.1) is 5.69 Å². The van der Waals surface area contributed by atoms with E-state index >= 15 is 0 Å². The van der Waals surface area contributed by atoms with Crippen molar-refractivity contribution in [2.24, 2.45) is 0 Å². The minimum Gasteiger partial charge on any atom is -0.367 e. The van der Waals surface area contributed by atoms with Gasteiger partial charge in [0.15, 0.2) is 5.41 Å². The summed E-state index contributed by atoms with van der Waals surface area (Å²) >= 11 is 0. The van der Waals surface area contributed by atoms with Crippen molar-refractivity contribution in [2.75, 3.05) is 54.9 Å². The number of carbonyl (C=O) groups excluding carboxylic acids is 2. The topological polar surface area (TPSA) is 93.7 Å². The largest absolute Gasteiger partial charge is 0.367 e. The zero-order valence-corrected chi connectivity index (χ0v) is 19.9. The summed E-state index contributed by atoms with van der Waals surface area (Å²) in [4.78, 5) is 41.6. The molecule has 4 heterocycles. The number of piperazine rings is 1. The van der Waals surface area contributed by atoms with E-state index in [-0.39, 0.29) is 32.5 Å². The number of halogens is 1. The Morgan fingerprint density at radius 1 is 1.17 bits per heavy atom. The Morgan fingerprint density at radius 2 is 1.94 bits per heavy atom. The molecule has 1 aromatic carbocycles. The molecular formula is C25H34FN7O2. The van der Waals surface area contributed by atoms with Gasteiger partial charge in [-0.15, -0.1) is 0 Å². The Hall–Kier alpha value is -3.27. The number of aromatic nitrogens is 2. The monoisotopic (exact) mass is 483 g/mol. The Bertz CT molecular complexity index is 1190. The second-order valence-electron chi connectivity index (χ2n) is 10.0. The van der Waals surface area contributed by atoms with Crippen LogP contribution in [0.1, 0.15) is 40.5 Å². The number of fused-ring (bicyclic) bond motifs is 2. The van der Waals surface area contributed by atoms with Crippen molar-refractivity contribution >= 4 is 35.0 Å². The molecule has 2 N–H and O–H groups in total. The first-order chi connectivity index (χ1) is 17.0. The molecule has 2 saturated heterocycles. The molecule has 1 saturated carbocycles. The van der Waals surface area contributed by atoms with Crippen LogP contribution in [0, 0.1) is 5.82 Å². The van der Waals surface area contributed by atoms with Gasteiger partial charge in [-0.1, -0.05) is 12.8 Å². The molecule has 1 spiro atoms. The average molecular weight is 484 g/mol. The zero-order chi connectivity index (χ0) is 24.2. The van der Waals surface area contributed by atoms with Gasteiger partial charge in [0, 0.05) is 59.1 Å². The fourth-order valence-corrected chi connectivity index (χ4v) is 5.94. The molecule has 3 aliphatic heterocycles. The van der Waals surface area contributed by atoms with E-state index < -0.39 is 5.41 Å². The van der Waals surface area contributed by atoms with Crippen molar-refractivity contribution in [2.45, 2.75) is 43.6 Å². The van der Waals surface area contributed by atoms with Gasteiger partial charge in [-0.3, -0.25) is 14.5 Å². The van der Waals surface area contributed by atoms with Crippen molar-refractivity contribution in [3.63, 3.8) is 0 Å². The van der Waals surface area contributed by atoms with E-state index in [1.165, 1.54) is 6.07 Å².